The fourth-order valence-corrected chi connectivity index (χ4v) is 5.29. The fourth-order valence-electron chi connectivity index (χ4n) is 5.13. The van der Waals surface area contributed by atoms with E-state index in [1.54, 1.807) is 16.7 Å². The van der Waals surface area contributed by atoms with Crippen LogP contribution in [0.2, 0.25) is 5.02 Å². The molecule has 1 aromatic carbocycles. The van der Waals surface area contributed by atoms with Crippen molar-refractivity contribution in [3.05, 3.63) is 87.3 Å². The van der Waals surface area contributed by atoms with E-state index in [-0.39, 0.29) is 28.4 Å². The molecule has 1 N–H and O–H groups in total. The SMILES string of the molecule is N#Cc1ncccc1-n1c(=O)n(C[C@H]2CC[C@H](NC(=O)c3cc(Cl)cnc3C(F)(F)F)CC2)c2ccccc21. The maximum Gasteiger partial charge on any atom is 0.434 e. The van der Waals surface area contributed by atoms with E-state index < -0.39 is 23.3 Å². The van der Waals surface area contributed by atoms with E-state index >= 15 is 0 Å². The molecule has 8 nitrogen and oxygen atoms in total. The number of carbonyl (C=O) groups excluding carboxylic acids is 1. The molecular formula is C27H22ClF3N6O2. The minimum atomic E-state index is -4.79. The van der Waals surface area contributed by atoms with Crippen molar-refractivity contribution in [2.75, 3.05) is 0 Å². The quantitative estimate of drug-likeness (QED) is 0.369. The first-order valence-corrected chi connectivity index (χ1v) is 12.6. The van der Waals surface area contributed by atoms with Gasteiger partial charge in [-0.1, -0.05) is 23.7 Å². The number of imidazole rings is 1. The number of aromatic nitrogens is 4. The Hall–Kier alpha value is -4.17. The van der Waals surface area contributed by atoms with Gasteiger partial charge in [0, 0.05) is 25.0 Å². The topological polar surface area (TPSA) is 106 Å². The van der Waals surface area contributed by atoms with Gasteiger partial charge >= 0.3 is 11.9 Å². The Morgan fingerprint density at radius 3 is 2.51 bits per heavy atom. The van der Waals surface area contributed by atoms with Crippen molar-refractivity contribution in [3.8, 4) is 11.8 Å². The molecular weight excluding hydrogens is 533 g/mol. The van der Waals surface area contributed by atoms with Crippen molar-refractivity contribution in [2.45, 2.75) is 44.4 Å². The number of nitrogens with one attached hydrogen (secondary N) is 1. The molecule has 0 spiro atoms. The number of benzene rings is 1. The Labute approximate surface area is 225 Å². The summed E-state index contributed by atoms with van der Waals surface area (Å²) in [6, 6.07) is 13.3. The number of carbonyl (C=O) groups is 1. The molecule has 0 saturated heterocycles. The second-order valence-electron chi connectivity index (χ2n) is 9.44. The second kappa shape index (κ2) is 10.5. The number of fused-ring (bicyclic) bond motifs is 1. The molecule has 3 aromatic heterocycles. The zero-order valence-corrected chi connectivity index (χ0v) is 21.2. The predicted molar refractivity (Wildman–Crippen MR) is 138 cm³/mol. The summed E-state index contributed by atoms with van der Waals surface area (Å²) in [6.45, 7) is 0.422. The first-order chi connectivity index (χ1) is 18.7. The van der Waals surface area contributed by atoms with Crippen LogP contribution in [0.5, 0.6) is 0 Å². The van der Waals surface area contributed by atoms with E-state index in [0.717, 1.165) is 17.8 Å². The minimum Gasteiger partial charge on any atom is -0.349 e. The van der Waals surface area contributed by atoms with Crippen LogP contribution in [-0.2, 0) is 12.7 Å². The Morgan fingerprint density at radius 1 is 1.10 bits per heavy atom. The van der Waals surface area contributed by atoms with Crippen LogP contribution >= 0.6 is 11.6 Å². The van der Waals surface area contributed by atoms with Crippen molar-refractivity contribution < 1.29 is 18.0 Å². The van der Waals surface area contributed by atoms with Crippen molar-refractivity contribution in [2.24, 2.45) is 5.92 Å². The van der Waals surface area contributed by atoms with Crippen molar-refractivity contribution in [3.63, 3.8) is 0 Å². The summed E-state index contributed by atoms with van der Waals surface area (Å²) >= 11 is 5.80. The standard InChI is InChI=1S/C27H22ClF3N6O2/c28-17-12-19(24(34-14-17)27(29,30)31)25(38)35-18-9-7-16(8-10-18)15-36-22-4-1-2-5-23(22)37(26(36)39)21-6-3-11-33-20(21)13-32/h1-6,11-12,14,16,18H,7-10,15H2,(H,35,38)/t16-,18-. The van der Waals surface area contributed by atoms with Crippen LogP contribution < -0.4 is 11.0 Å². The third-order valence-electron chi connectivity index (χ3n) is 6.96. The van der Waals surface area contributed by atoms with E-state index in [1.165, 1.54) is 10.8 Å². The lowest BCUT2D eigenvalue weighted by Gasteiger charge is -2.29. The number of hydrogen-bond donors (Lipinski definition) is 1. The minimum absolute atomic E-state index is 0.0605. The van der Waals surface area contributed by atoms with Crippen LogP contribution in [0.3, 0.4) is 0 Å². The average Bonchev–Trinajstić information content (AvgIpc) is 3.19. The number of nitriles is 1. The largest absolute Gasteiger partial charge is 0.434 e. The number of alkyl halides is 3. The molecule has 1 aliphatic carbocycles. The molecule has 5 rings (SSSR count). The van der Waals surface area contributed by atoms with Crippen LogP contribution in [0.25, 0.3) is 16.7 Å². The normalized spacial score (nSPS) is 17.6. The van der Waals surface area contributed by atoms with Gasteiger partial charge in [0.1, 0.15) is 6.07 Å². The van der Waals surface area contributed by atoms with Gasteiger partial charge in [-0.05, 0) is 61.9 Å². The first-order valence-electron chi connectivity index (χ1n) is 12.3. The molecule has 0 radical (unpaired) electrons. The molecule has 1 amide bonds. The highest BCUT2D eigenvalue weighted by Gasteiger charge is 2.38. The van der Waals surface area contributed by atoms with Crippen LogP contribution in [0.15, 0.2) is 59.7 Å². The van der Waals surface area contributed by atoms with Gasteiger partial charge < -0.3 is 5.32 Å². The van der Waals surface area contributed by atoms with Crippen LogP contribution in [0.1, 0.15) is 47.4 Å². The molecule has 12 heteroatoms. The van der Waals surface area contributed by atoms with Gasteiger partial charge in [0.25, 0.3) is 5.91 Å². The number of halogens is 4. The highest BCUT2D eigenvalue weighted by Crippen LogP contribution is 2.32. The average molecular weight is 555 g/mol. The number of rotatable bonds is 5. The van der Waals surface area contributed by atoms with E-state index in [4.69, 9.17) is 11.6 Å². The van der Waals surface area contributed by atoms with E-state index in [1.807, 2.05) is 30.3 Å². The van der Waals surface area contributed by atoms with Crippen molar-refractivity contribution >= 4 is 28.5 Å². The molecule has 0 bridgehead atoms. The van der Waals surface area contributed by atoms with Crippen LogP contribution in [-0.4, -0.2) is 31.1 Å². The molecule has 0 unspecified atom stereocenters. The summed E-state index contributed by atoms with van der Waals surface area (Å²) in [5, 5.41) is 12.1. The van der Waals surface area contributed by atoms with Gasteiger partial charge in [0.05, 0.1) is 27.3 Å². The Bertz CT molecular complexity index is 1650. The summed E-state index contributed by atoms with van der Waals surface area (Å²) < 4.78 is 43.2. The van der Waals surface area contributed by atoms with Gasteiger partial charge in [0.15, 0.2) is 11.4 Å². The molecule has 3 heterocycles. The first kappa shape index (κ1) is 26.4. The summed E-state index contributed by atoms with van der Waals surface area (Å²) in [6.07, 6.45) is -0.0246. The van der Waals surface area contributed by atoms with Gasteiger partial charge in [0.2, 0.25) is 0 Å². The van der Waals surface area contributed by atoms with Gasteiger partial charge in [-0.15, -0.1) is 0 Å². The predicted octanol–water partition coefficient (Wildman–Crippen LogP) is 5.11. The van der Waals surface area contributed by atoms with E-state index in [0.29, 0.717) is 43.4 Å². The molecule has 39 heavy (non-hydrogen) atoms. The third-order valence-corrected chi connectivity index (χ3v) is 7.17. The molecule has 1 saturated carbocycles. The van der Waals surface area contributed by atoms with Gasteiger partial charge in [-0.3, -0.25) is 13.9 Å². The van der Waals surface area contributed by atoms with Crippen molar-refractivity contribution in [1.29, 1.82) is 5.26 Å². The monoisotopic (exact) mass is 554 g/mol. The van der Waals surface area contributed by atoms with Crippen LogP contribution in [0.4, 0.5) is 13.2 Å². The number of pyridine rings is 2. The summed E-state index contributed by atoms with van der Waals surface area (Å²) in [5.74, 6) is -0.761. The highest BCUT2D eigenvalue weighted by atomic mass is 35.5. The lowest BCUT2D eigenvalue weighted by atomic mass is 9.85. The molecule has 0 atom stereocenters. The van der Waals surface area contributed by atoms with E-state index in [9.17, 15) is 28.0 Å². The van der Waals surface area contributed by atoms with E-state index in [2.05, 4.69) is 15.3 Å². The zero-order valence-electron chi connectivity index (χ0n) is 20.5. The Kier molecular flexibility index (Phi) is 7.14. The maximum atomic E-state index is 13.6. The molecule has 1 fully saturated rings. The molecule has 1 aliphatic rings. The molecule has 4 aromatic rings. The summed E-state index contributed by atoms with van der Waals surface area (Å²) in [7, 11) is 0. The van der Waals surface area contributed by atoms with Gasteiger partial charge in [-0.2, -0.15) is 18.4 Å². The van der Waals surface area contributed by atoms with Crippen LogP contribution in [0, 0.1) is 17.2 Å². The number of hydrogen-bond acceptors (Lipinski definition) is 5. The number of nitrogens with zero attached hydrogens (tertiary/aromatic N) is 5. The molecule has 200 valence electrons. The second-order valence-corrected chi connectivity index (χ2v) is 9.88. The van der Waals surface area contributed by atoms with Gasteiger partial charge in [-0.25, -0.2) is 14.8 Å². The Morgan fingerprint density at radius 2 is 1.82 bits per heavy atom. The zero-order chi connectivity index (χ0) is 27.7. The highest BCUT2D eigenvalue weighted by molar-refractivity contribution is 6.30. The number of amides is 1. The molecule has 0 aliphatic heterocycles. The fraction of sp³-hybridized carbons (Fsp3) is 0.296. The van der Waals surface area contributed by atoms with Crippen molar-refractivity contribution in [1.82, 2.24) is 24.4 Å². The smallest absolute Gasteiger partial charge is 0.349 e. The summed E-state index contributed by atoms with van der Waals surface area (Å²) in [5.41, 5.74) is -0.250. The maximum absolute atomic E-state index is 13.6. The lowest BCUT2D eigenvalue weighted by Crippen LogP contribution is -2.39. The Balaban J connectivity index is 1.32. The third kappa shape index (κ3) is 5.25. The number of para-hydroxylation sites is 2. The summed E-state index contributed by atoms with van der Waals surface area (Å²) in [4.78, 5) is 33.7. The lowest BCUT2D eigenvalue weighted by molar-refractivity contribution is -0.141.